The average Bonchev–Trinajstić information content (AvgIpc) is 2.34. The van der Waals surface area contributed by atoms with Gasteiger partial charge in [0.1, 0.15) is 17.8 Å². The smallest absolute Gasteiger partial charge is 0.330 e. The van der Waals surface area contributed by atoms with Crippen LogP contribution in [0.4, 0.5) is 10.1 Å². The van der Waals surface area contributed by atoms with E-state index in [9.17, 15) is 14.5 Å². The molecule has 0 radical (unpaired) electrons. The van der Waals surface area contributed by atoms with E-state index in [4.69, 9.17) is 4.74 Å². The van der Waals surface area contributed by atoms with Gasteiger partial charge in [0.2, 0.25) is 5.75 Å². The molecule has 0 amide bonds. The van der Waals surface area contributed by atoms with E-state index < -0.39 is 10.7 Å². The summed E-state index contributed by atoms with van der Waals surface area (Å²) in [5.41, 5.74) is -0.286. The van der Waals surface area contributed by atoms with Gasteiger partial charge in [-0.15, -0.1) is 0 Å². The van der Waals surface area contributed by atoms with Gasteiger partial charge in [-0.2, -0.15) is 0 Å². The lowest BCUT2D eigenvalue weighted by Crippen LogP contribution is -1.96. The first-order chi connectivity index (χ1) is 8.99. The van der Waals surface area contributed by atoms with E-state index in [1.165, 1.54) is 24.4 Å². The number of pyridine rings is 1. The third-order valence-electron chi connectivity index (χ3n) is 2.14. The zero-order valence-corrected chi connectivity index (χ0v) is 12.3. The van der Waals surface area contributed by atoms with E-state index in [2.05, 4.69) is 36.8 Å². The van der Waals surface area contributed by atoms with E-state index in [-0.39, 0.29) is 17.2 Å². The molecular formula is C11H5Br2FN2O3. The van der Waals surface area contributed by atoms with Crippen LogP contribution in [0.15, 0.2) is 39.5 Å². The summed E-state index contributed by atoms with van der Waals surface area (Å²) >= 11 is 6.26. The van der Waals surface area contributed by atoms with Gasteiger partial charge in [0.25, 0.3) is 0 Å². The minimum Gasteiger partial charge on any atom is -0.448 e. The Kier molecular flexibility index (Phi) is 4.11. The van der Waals surface area contributed by atoms with Crippen molar-refractivity contribution in [1.82, 2.24) is 4.98 Å². The number of nitro groups is 1. The molecule has 0 atom stereocenters. The molecule has 2 rings (SSSR count). The molecule has 2 aromatic rings. The Bertz CT molecular complexity index is 652. The Balaban J connectivity index is 2.46. The number of nitrogens with zero attached hydrogens (tertiary/aromatic N) is 2. The van der Waals surface area contributed by atoms with Crippen LogP contribution in [0.25, 0.3) is 0 Å². The highest BCUT2D eigenvalue weighted by atomic mass is 79.9. The lowest BCUT2D eigenvalue weighted by molar-refractivity contribution is -0.386. The third kappa shape index (κ3) is 3.07. The summed E-state index contributed by atoms with van der Waals surface area (Å²) in [6, 6.07) is 3.77. The molecule has 0 aliphatic rings. The van der Waals surface area contributed by atoms with E-state index in [1.807, 2.05) is 0 Å². The van der Waals surface area contributed by atoms with Crippen LogP contribution in [0, 0.1) is 15.9 Å². The third-order valence-corrected chi connectivity index (χ3v) is 3.32. The first-order valence-electron chi connectivity index (χ1n) is 4.90. The van der Waals surface area contributed by atoms with Crippen molar-refractivity contribution < 1.29 is 14.1 Å². The van der Waals surface area contributed by atoms with Gasteiger partial charge >= 0.3 is 5.69 Å². The first kappa shape index (κ1) is 13.9. The molecule has 0 bridgehead atoms. The molecule has 0 aliphatic carbocycles. The van der Waals surface area contributed by atoms with E-state index in [1.54, 1.807) is 0 Å². The number of hydrogen-bond acceptors (Lipinski definition) is 4. The van der Waals surface area contributed by atoms with Gasteiger partial charge in [-0.3, -0.25) is 15.1 Å². The average molecular weight is 392 g/mol. The van der Waals surface area contributed by atoms with Gasteiger partial charge in [0, 0.05) is 6.20 Å². The zero-order chi connectivity index (χ0) is 14.0. The predicted molar refractivity (Wildman–Crippen MR) is 72.8 cm³/mol. The zero-order valence-electron chi connectivity index (χ0n) is 9.14. The second kappa shape index (κ2) is 5.62. The van der Waals surface area contributed by atoms with E-state index in [0.29, 0.717) is 8.95 Å². The summed E-state index contributed by atoms with van der Waals surface area (Å²) < 4.78 is 19.1. The lowest BCUT2D eigenvalue weighted by Gasteiger charge is -2.09. The number of aromatic nitrogens is 1. The van der Waals surface area contributed by atoms with Gasteiger partial charge in [0.05, 0.1) is 13.9 Å². The topological polar surface area (TPSA) is 65.3 Å². The number of hydrogen-bond donors (Lipinski definition) is 0. The van der Waals surface area contributed by atoms with Crippen molar-refractivity contribution in [3.63, 3.8) is 0 Å². The molecule has 19 heavy (non-hydrogen) atoms. The molecule has 98 valence electrons. The molecular weight excluding hydrogens is 387 g/mol. The number of benzene rings is 1. The van der Waals surface area contributed by atoms with Gasteiger partial charge in [-0.1, -0.05) is 0 Å². The van der Waals surface area contributed by atoms with Crippen molar-refractivity contribution in [2.45, 2.75) is 0 Å². The highest BCUT2D eigenvalue weighted by molar-refractivity contribution is 9.11. The van der Waals surface area contributed by atoms with Crippen molar-refractivity contribution in [2.75, 3.05) is 0 Å². The molecule has 0 aliphatic heterocycles. The standard InChI is InChI=1S/C11H5Br2FN2O3/c12-7-3-6(14)1-2-10(7)19-11-8(13)4-15-5-9(11)16(17)18/h1-5H. The fourth-order valence-electron chi connectivity index (χ4n) is 1.31. The largest absolute Gasteiger partial charge is 0.448 e. The van der Waals surface area contributed by atoms with Crippen molar-refractivity contribution >= 4 is 37.5 Å². The molecule has 0 spiro atoms. The van der Waals surface area contributed by atoms with Crippen LogP contribution in [-0.4, -0.2) is 9.91 Å². The van der Waals surface area contributed by atoms with Crippen molar-refractivity contribution in [3.05, 3.63) is 55.5 Å². The van der Waals surface area contributed by atoms with Crippen LogP contribution in [0.3, 0.4) is 0 Å². The summed E-state index contributed by atoms with van der Waals surface area (Å²) in [5.74, 6) is -0.175. The highest BCUT2D eigenvalue weighted by Gasteiger charge is 2.20. The molecule has 8 heteroatoms. The molecule has 5 nitrogen and oxygen atoms in total. The van der Waals surface area contributed by atoms with Crippen LogP contribution >= 0.6 is 31.9 Å². The first-order valence-corrected chi connectivity index (χ1v) is 6.48. The summed E-state index contributed by atoms with van der Waals surface area (Å²) in [5, 5.41) is 10.9. The van der Waals surface area contributed by atoms with Crippen molar-refractivity contribution in [1.29, 1.82) is 0 Å². The highest BCUT2D eigenvalue weighted by Crippen LogP contribution is 2.39. The molecule has 1 heterocycles. The van der Waals surface area contributed by atoms with Crippen LogP contribution < -0.4 is 4.74 Å². The van der Waals surface area contributed by atoms with Crippen LogP contribution in [0.5, 0.6) is 11.5 Å². The number of ether oxygens (including phenoxy) is 1. The van der Waals surface area contributed by atoms with Crippen LogP contribution in [0.1, 0.15) is 0 Å². The monoisotopic (exact) mass is 390 g/mol. The van der Waals surface area contributed by atoms with E-state index >= 15 is 0 Å². The van der Waals surface area contributed by atoms with Crippen LogP contribution in [-0.2, 0) is 0 Å². The molecule has 1 aromatic carbocycles. The second-order valence-electron chi connectivity index (χ2n) is 3.40. The Labute approximate surface area is 123 Å². The van der Waals surface area contributed by atoms with E-state index in [0.717, 1.165) is 6.20 Å². The SMILES string of the molecule is O=[N+]([O-])c1cncc(Br)c1Oc1ccc(F)cc1Br. The molecule has 1 aromatic heterocycles. The predicted octanol–water partition coefficient (Wildman–Crippen LogP) is 4.45. The second-order valence-corrected chi connectivity index (χ2v) is 5.11. The lowest BCUT2D eigenvalue weighted by atomic mass is 10.3. The van der Waals surface area contributed by atoms with Gasteiger partial charge < -0.3 is 4.74 Å². The maximum atomic E-state index is 13.0. The summed E-state index contributed by atoms with van der Waals surface area (Å²) in [4.78, 5) is 14.0. The maximum absolute atomic E-state index is 13.0. The van der Waals surface area contributed by atoms with Crippen LogP contribution in [0.2, 0.25) is 0 Å². The summed E-state index contributed by atoms with van der Waals surface area (Å²) in [7, 11) is 0. The summed E-state index contributed by atoms with van der Waals surface area (Å²) in [6.45, 7) is 0. The minimum atomic E-state index is -0.607. The minimum absolute atomic E-state index is 0.00677. The van der Waals surface area contributed by atoms with Crippen molar-refractivity contribution in [2.24, 2.45) is 0 Å². The Morgan fingerprint density at radius 2 is 2.00 bits per heavy atom. The Morgan fingerprint density at radius 3 is 2.63 bits per heavy atom. The van der Waals surface area contributed by atoms with Gasteiger partial charge in [-0.25, -0.2) is 4.39 Å². The molecule has 0 unspecified atom stereocenters. The van der Waals surface area contributed by atoms with Gasteiger partial charge in [0.15, 0.2) is 0 Å². The van der Waals surface area contributed by atoms with Crippen molar-refractivity contribution in [3.8, 4) is 11.5 Å². The fraction of sp³-hybridized carbons (Fsp3) is 0. The Hall–Kier alpha value is -1.54. The Morgan fingerprint density at radius 1 is 1.26 bits per heavy atom. The number of rotatable bonds is 3. The quantitative estimate of drug-likeness (QED) is 0.572. The fourth-order valence-corrected chi connectivity index (χ4v) is 2.15. The summed E-state index contributed by atoms with van der Waals surface area (Å²) in [6.07, 6.45) is 2.46. The number of halogens is 3. The molecule has 0 saturated carbocycles. The maximum Gasteiger partial charge on any atom is 0.330 e. The normalized spacial score (nSPS) is 10.3. The molecule has 0 saturated heterocycles. The molecule has 0 fully saturated rings. The van der Waals surface area contributed by atoms with Gasteiger partial charge in [-0.05, 0) is 50.1 Å². The molecule has 0 N–H and O–H groups in total.